The lowest BCUT2D eigenvalue weighted by Gasteiger charge is -2.05. The minimum Gasteiger partial charge on any atom is -0.0917 e. The van der Waals surface area contributed by atoms with Gasteiger partial charge in [-0.2, -0.15) is 0 Å². The summed E-state index contributed by atoms with van der Waals surface area (Å²) in [5, 5.41) is 0. The van der Waals surface area contributed by atoms with E-state index in [-0.39, 0.29) is 0 Å². The fourth-order valence-corrected chi connectivity index (χ4v) is 0.849. The van der Waals surface area contributed by atoms with Crippen LogP contribution in [-0.4, -0.2) is 7.28 Å². The monoisotopic (exact) mass is 123 g/mol. The van der Waals surface area contributed by atoms with Crippen LogP contribution in [-0.2, 0) is 0 Å². The molecule has 0 aromatic heterocycles. The van der Waals surface area contributed by atoms with Gasteiger partial charge in [0, 0.05) is 0 Å². The van der Waals surface area contributed by atoms with Gasteiger partial charge < -0.3 is 0 Å². The van der Waals surface area contributed by atoms with E-state index in [1.165, 1.54) is 12.8 Å². The van der Waals surface area contributed by atoms with Crippen LogP contribution in [0.25, 0.3) is 0 Å². The highest BCUT2D eigenvalue weighted by Crippen LogP contribution is 2.13. The SMILES string of the molecule is C[B]C(CC)CC=CC. The van der Waals surface area contributed by atoms with Crippen molar-refractivity contribution in [2.45, 2.75) is 39.3 Å². The van der Waals surface area contributed by atoms with Gasteiger partial charge in [0.15, 0.2) is 0 Å². The molecule has 0 fully saturated rings. The molecule has 51 valence electrons. The standard InChI is InChI=1S/C8H16B/c1-4-6-7-8(5-2)9-3/h4,6,8H,5,7H2,1-3H3. The highest BCUT2D eigenvalue weighted by Gasteiger charge is 1.99. The Bertz CT molecular complexity index is 72.6. The van der Waals surface area contributed by atoms with Crippen molar-refractivity contribution in [3.8, 4) is 0 Å². The third-order valence-corrected chi connectivity index (χ3v) is 1.67. The molecule has 0 heterocycles. The predicted molar refractivity (Wildman–Crippen MR) is 45.1 cm³/mol. The average molecular weight is 123 g/mol. The molecule has 0 nitrogen and oxygen atoms in total. The van der Waals surface area contributed by atoms with Gasteiger partial charge in [-0.25, -0.2) is 0 Å². The molecule has 1 radical (unpaired) electrons. The maximum atomic E-state index is 2.28. The van der Waals surface area contributed by atoms with Crippen LogP contribution in [0.15, 0.2) is 12.2 Å². The molecular weight excluding hydrogens is 107 g/mol. The van der Waals surface area contributed by atoms with Crippen LogP contribution in [0.1, 0.15) is 26.7 Å². The molecule has 0 N–H and O–H groups in total. The Labute approximate surface area is 59.6 Å². The summed E-state index contributed by atoms with van der Waals surface area (Å²) in [6.45, 7) is 6.44. The maximum absolute atomic E-state index is 2.28. The third-order valence-electron chi connectivity index (χ3n) is 1.67. The summed E-state index contributed by atoms with van der Waals surface area (Å²) in [6, 6.07) is 0. The van der Waals surface area contributed by atoms with E-state index in [1.54, 1.807) is 0 Å². The van der Waals surface area contributed by atoms with Gasteiger partial charge in [-0.15, -0.1) is 0 Å². The van der Waals surface area contributed by atoms with Crippen molar-refractivity contribution in [3.05, 3.63) is 12.2 Å². The molecule has 1 heteroatoms. The van der Waals surface area contributed by atoms with Crippen LogP contribution in [0.5, 0.6) is 0 Å². The summed E-state index contributed by atoms with van der Waals surface area (Å²) in [7, 11) is 2.28. The second-order valence-electron chi connectivity index (χ2n) is 2.31. The Balaban J connectivity index is 3.31. The summed E-state index contributed by atoms with van der Waals surface area (Å²) in [5.41, 5.74) is 0. The van der Waals surface area contributed by atoms with Gasteiger partial charge in [0.2, 0.25) is 0 Å². The van der Waals surface area contributed by atoms with Crippen molar-refractivity contribution in [1.29, 1.82) is 0 Å². The van der Waals surface area contributed by atoms with E-state index in [1.807, 2.05) is 0 Å². The van der Waals surface area contributed by atoms with Gasteiger partial charge in [0.05, 0.1) is 0 Å². The van der Waals surface area contributed by atoms with Gasteiger partial charge in [0.1, 0.15) is 7.28 Å². The Hall–Kier alpha value is -0.195. The second kappa shape index (κ2) is 5.93. The van der Waals surface area contributed by atoms with E-state index in [0.29, 0.717) is 0 Å². The zero-order chi connectivity index (χ0) is 7.11. The lowest BCUT2D eigenvalue weighted by atomic mass is 9.64. The number of hydrogen-bond acceptors (Lipinski definition) is 0. The fourth-order valence-electron chi connectivity index (χ4n) is 0.849. The van der Waals surface area contributed by atoms with Crippen LogP contribution < -0.4 is 0 Å². The quantitative estimate of drug-likeness (QED) is 0.398. The van der Waals surface area contributed by atoms with Crippen molar-refractivity contribution in [2.24, 2.45) is 0 Å². The van der Waals surface area contributed by atoms with E-state index in [4.69, 9.17) is 0 Å². The number of allylic oxidation sites excluding steroid dienone is 2. The largest absolute Gasteiger partial charge is 0.110 e. The molecule has 0 amide bonds. The molecule has 0 saturated heterocycles. The Morgan fingerprint density at radius 1 is 1.56 bits per heavy atom. The van der Waals surface area contributed by atoms with Crippen LogP contribution in [0.3, 0.4) is 0 Å². The van der Waals surface area contributed by atoms with Gasteiger partial charge in [-0.1, -0.05) is 38.1 Å². The van der Waals surface area contributed by atoms with E-state index in [0.717, 1.165) is 5.82 Å². The molecule has 0 spiro atoms. The molecule has 0 aliphatic carbocycles. The summed E-state index contributed by atoms with van der Waals surface area (Å²) < 4.78 is 0. The first-order chi connectivity index (χ1) is 4.35. The second-order valence-corrected chi connectivity index (χ2v) is 2.31. The zero-order valence-corrected chi connectivity index (χ0v) is 6.72. The third kappa shape index (κ3) is 4.32. The molecule has 0 bridgehead atoms. The van der Waals surface area contributed by atoms with Crippen molar-refractivity contribution in [3.63, 3.8) is 0 Å². The highest BCUT2D eigenvalue weighted by atomic mass is 13.9. The molecule has 0 saturated carbocycles. The minimum absolute atomic E-state index is 0.793. The van der Waals surface area contributed by atoms with Gasteiger partial charge >= 0.3 is 0 Å². The predicted octanol–water partition coefficient (Wildman–Crippen LogP) is 2.90. The molecule has 0 aliphatic heterocycles. The van der Waals surface area contributed by atoms with Crippen molar-refractivity contribution >= 4 is 7.28 Å². The first kappa shape index (κ1) is 8.80. The first-order valence-electron chi connectivity index (χ1n) is 3.75. The van der Waals surface area contributed by atoms with Gasteiger partial charge in [0.25, 0.3) is 0 Å². The minimum atomic E-state index is 0.793. The molecule has 0 rings (SSSR count). The summed E-state index contributed by atoms with van der Waals surface area (Å²) in [6.07, 6.45) is 6.82. The number of rotatable bonds is 4. The Morgan fingerprint density at radius 3 is 2.56 bits per heavy atom. The van der Waals surface area contributed by atoms with Crippen molar-refractivity contribution in [2.75, 3.05) is 0 Å². The van der Waals surface area contributed by atoms with Gasteiger partial charge in [-0.3, -0.25) is 0 Å². The molecule has 0 aromatic rings. The lowest BCUT2D eigenvalue weighted by molar-refractivity contribution is 0.801. The molecule has 1 atom stereocenters. The first-order valence-corrected chi connectivity index (χ1v) is 3.75. The van der Waals surface area contributed by atoms with Crippen LogP contribution in [0, 0.1) is 0 Å². The topological polar surface area (TPSA) is 0 Å². The van der Waals surface area contributed by atoms with Crippen LogP contribution >= 0.6 is 0 Å². The molecule has 0 aliphatic rings. The molecule has 0 aromatic carbocycles. The molecule has 9 heavy (non-hydrogen) atoms. The summed E-state index contributed by atoms with van der Waals surface area (Å²) in [5.74, 6) is 0.793. The normalized spacial score (nSPS) is 14.1. The van der Waals surface area contributed by atoms with E-state index in [9.17, 15) is 0 Å². The van der Waals surface area contributed by atoms with Crippen LogP contribution in [0.4, 0.5) is 0 Å². The maximum Gasteiger partial charge on any atom is 0.110 e. The summed E-state index contributed by atoms with van der Waals surface area (Å²) in [4.78, 5) is 0. The highest BCUT2D eigenvalue weighted by molar-refractivity contribution is 6.35. The van der Waals surface area contributed by atoms with Crippen molar-refractivity contribution < 1.29 is 0 Å². The Morgan fingerprint density at radius 2 is 2.22 bits per heavy atom. The number of hydrogen-bond donors (Lipinski definition) is 0. The molecule has 1 unspecified atom stereocenters. The average Bonchev–Trinajstić information content (AvgIpc) is 1.91. The van der Waals surface area contributed by atoms with E-state index < -0.39 is 0 Å². The van der Waals surface area contributed by atoms with Gasteiger partial charge in [-0.05, 0) is 13.3 Å². The molecular formula is C8H16B. The van der Waals surface area contributed by atoms with E-state index >= 15 is 0 Å². The zero-order valence-electron chi connectivity index (χ0n) is 6.72. The van der Waals surface area contributed by atoms with E-state index in [2.05, 4.69) is 40.1 Å². The summed E-state index contributed by atoms with van der Waals surface area (Å²) >= 11 is 0. The van der Waals surface area contributed by atoms with Crippen molar-refractivity contribution in [1.82, 2.24) is 0 Å². The lowest BCUT2D eigenvalue weighted by Crippen LogP contribution is -1.95. The smallest absolute Gasteiger partial charge is 0.0917 e. The fraction of sp³-hybridized carbons (Fsp3) is 0.750. The Kier molecular flexibility index (Phi) is 5.80. The van der Waals surface area contributed by atoms with Crippen LogP contribution in [0.2, 0.25) is 12.6 Å².